The summed E-state index contributed by atoms with van der Waals surface area (Å²) in [6.45, 7) is 3.31. The first-order valence-corrected chi connectivity index (χ1v) is 7.68. The molecule has 0 aromatic heterocycles. The van der Waals surface area contributed by atoms with E-state index >= 15 is 0 Å². The van der Waals surface area contributed by atoms with Crippen molar-refractivity contribution in [2.75, 3.05) is 25.0 Å². The minimum atomic E-state index is -0.0322. The summed E-state index contributed by atoms with van der Waals surface area (Å²) >= 11 is 3.45. The molecule has 0 saturated carbocycles. The predicted octanol–water partition coefficient (Wildman–Crippen LogP) is 3.62. The second-order valence-electron chi connectivity index (χ2n) is 4.93. The first kappa shape index (κ1) is 15.6. The van der Waals surface area contributed by atoms with Crippen LogP contribution in [0.1, 0.15) is 15.9 Å². The monoisotopic (exact) mass is 346 g/mol. The van der Waals surface area contributed by atoms with E-state index in [9.17, 15) is 4.79 Å². The number of nitrogens with one attached hydrogen (secondary N) is 1. The third-order valence-corrected chi connectivity index (χ3v) is 4.30. The molecule has 0 heterocycles. The molecule has 4 heteroatoms. The number of para-hydroxylation sites is 1. The summed E-state index contributed by atoms with van der Waals surface area (Å²) in [6, 6.07) is 15.8. The van der Waals surface area contributed by atoms with Gasteiger partial charge in [0.15, 0.2) is 0 Å². The molecule has 0 atom stereocenters. The van der Waals surface area contributed by atoms with E-state index in [2.05, 4.69) is 38.3 Å². The first-order valence-electron chi connectivity index (χ1n) is 6.89. The molecule has 0 spiro atoms. The van der Waals surface area contributed by atoms with Crippen LogP contribution in [0.25, 0.3) is 0 Å². The molecular weight excluding hydrogens is 328 g/mol. The molecule has 1 N–H and O–H groups in total. The van der Waals surface area contributed by atoms with Crippen LogP contribution in [-0.4, -0.2) is 26.0 Å². The van der Waals surface area contributed by atoms with Gasteiger partial charge in [0, 0.05) is 35.9 Å². The van der Waals surface area contributed by atoms with Gasteiger partial charge in [-0.15, -0.1) is 0 Å². The van der Waals surface area contributed by atoms with Gasteiger partial charge in [-0.25, -0.2) is 0 Å². The molecule has 2 rings (SSSR count). The first-order chi connectivity index (χ1) is 10.1. The maximum atomic E-state index is 12.2. The second kappa shape index (κ2) is 7.27. The van der Waals surface area contributed by atoms with Crippen molar-refractivity contribution in [3.05, 3.63) is 64.1 Å². The number of rotatable bonds is 5. The number of carbonyl (C=O) groups is 1. The Bertz CT molecular complexity index is 613. The Labute approximate surface area is 134 Å². The van der Waals surface area contributed by atoms with E-state index in [1.54, 1.807) is 0 Å². The normalized spacial score (nSPS) is 10.2. The number of halogens is 1. The summed E-state index contributed by atoms with van der Waals surface area (Å²) in [4.78, 5) is 14.3. The molecule has 1 amide bonds. The Morgan fingerprint density at radius 2 is 1.86 bits per heavy atom. The van der Waals surface area contributed by atoms with Crippen LogP contribution in [-0.2, 0) is 0 Å². The SMILES string of the molecule is Cc1c(Br)cccc1C(=O)NCCN(C)c1ccccc1. The number of anilines is 1. The van der Waals surface area contributed by atoms with Crippen molar-refractivity contribution >= 4 is 27.5 Å². The summed E-state index contributed by atoms with van der Waals surface area (Å²) in [5.41, 5.74) is 2.82. The largest absolute Gasteiger partial charge is 0.373 e. The molecule has 3 nitrogen and oxygen atoms in total. The van der Waals surface area contributed by atoms with Gasteiger partial charge in [0.25, 0.3) is 5.91 Å². The van der Waals surface area contributed by atoms with Crippen LogP contribution in [0.4, 0.5) is 5.69 Å². The van der Waals surface area contributed by atoms with Gasteiger partial charge in [-0.3, -0.25) is 4.79 Å². The van der Waals surface area contributed by atoms with Gasteiger partial charge in [0.05, 0.1) is 0 Å². The van der Waals surface area contributed by atoms with Gasteiger partial charge < -0.3 is 10.2 Å². The Morgan fingerprint density at radius 1 is 1.14 bits per heavy atom. The minimum Gasteiger partial charge on any atom is -0.373 e. The van der Waals surface area contributed by atoms with Crippen molar-refractivity contribution in [3.8, 4) is 0 Å². The highest BCUT2D eigenvalue weighted by atomic mass is 79.9. The van der Waals surface area contributed by atoms with E-state index in [1.807, 2.05) is 50.4 Å². The molecule has 0 radical (unpaired) electrons. The molecule has 0 unspecified atom stereocenters. The molecule has 0 aliphatic rings. The van der Waals surface area contributed by atoms with Crippen molar-refractivity contribution in [2.24, 2.45) is 0 Å². The van der Waals surface area contributed by atoms with E-state index in [-0.39, 0.29) is 5.91 Å². The van der Waals surface area contributed by atoms with Gasteiger partial charge in [-0.2, -0.15) is 0 Å². The van der Waals surface area contributed by atoms with Crippen LogP contribution in [0.5, 0.6) is 0 Å². The fourth-order valence-electron chi connectivity index (χ4n) is 2.10. The third kappa shape index (κ3) is 4.08. The fourth-order valence-corrected chi connectivity index (χ4v) is 2.46. The maximum Gasteiger partial charge on any atom is 0.251 e. The summed E-state index contributed by atoms with van der Waals surface area (Å²) in [7, 11) is 2.02. The summed E-state index contributed by atoms with van der Waals surface area (Å²) < 4.78 is 0.955. The van der Waals surface area contributed by atoms with Gasteiger partial charge in [0.1, 0.15) is 0 Å². The maximum absolute atomic E-state index is 12.2. The zero-order valence-corrected chi connectivity index (χ0v) is 13.9. The van der Waals surface area contributed by atoms with Crippen molar-refractivity contribution < 1.29 is 4.79 Å². The van der Waals surface area contributed by atoms with Crippen molar-refractivity contribution in [2.45, 2.75) is 6.92 Å². The van der Waals surface area contributed by atoms with Crippen molar-refractivity contribution in [3.63, 3.8) is 0 Å². The summed E-state index contributed by atoms with van der Waals surface area (Å²) in [5, 5.41) is 2.97. The van der Waals surface area contributed by atoms with E-state index in [1.165, 1.54) is 0 Å². The molecule has 0 aliphatic heterocycles. The minimum absolute atomic E-state index is 0.0322. The zero-order valence-electron chi connectivity index (χ0n) is 12.3. The number of benzene rings is 2. The molecule has 0 saturated heterocycles. The molecule has 2 aromatic rings. The number of hydrogen-bond acceptors (Lipinski definition) is 2. The Kier molecular flexibility index (Phi) is 5.39. The van der Waals surface area contributed by atoms with Crippen LogP contribution >= 0.6 is 15.9 Å². The lowest BCUT2D eigenvalue weighted by Gasteiger charge is -2.19. The van der Waals surface area contributed by atoms with Gasteiger partial charge in [-0.1, -0.05) is 40.2 Å². The van der Waals surface area contributed by atoms with E-state index in [0.29, 0.717) is 12.1 Å². The Hall–Kier alpha value is -1.81. The number of nitrogens with zero attached hydrogens (tertiary/aromatic N) is 1. The quantitative estimate of drug-likeness (QED) is 0.896. The number of amides is 1. The van der Waals surface area contributed by atoms with Gasteiger partial charge >= 0.3 is 0 Å². The molecule has 0 fully saturated rings. The standard InChI is InChI=1S/C17H19BrN2O/c1-13-15(9-6-10-16(13)18)17(21)19-11-12-20(2)14-7-4-3-5-8-14/h3-10H,11-12H2,1-2H3,(H,19,21). The van der Waals surface area contributed by atoms with Crippen LogP contribution in [0.3, 0.4) is 0 Å². The number of carbonyl (C=O) groups excluding carboxylic acids is 1. The zero-order chi connectivity index (χ0) is 15.2. The topological polar surface area (TPSA) is 32.3 Å². The van der Waals surface area contributed by atoms with Crippen LogP contribution in [0, 0.1) is 6.92 Å². The lowest BCUT2D eigenvalue weighted by molar-refractivity contribution is 0.0954. The lowest BCUT2D eigenvalue weighted by atomic mass is 10.1. The smallest absolute Gasteiger partial charge is 0.251 e. The van der Waals surface area contributed by atoms with Crippen LogP contribution in [0.15, 0.2) is 53.0 Å². The molecule has 2 aromatic carbocycles. The average molecular weight is 347 g/mol. The Balaban J connectivity index is 1.89. The van der Waals surface area contributed by atoms with Gasteiger partial charge in [0.2, 0.25) is 0 Å². The molecule has 110 valence electrons. The summed E-state index contributed by atoms with van der Waals surface area (Å²) in [6.07, 6.45) is 0. The van der Waals surface area contributed by atoms with E-state index in [0.717, 1.165) is 22.3 Å². The molecular formula is C17H19BrN2O. The van der Waals surface area contributed by atoms with Crippen molar-refractivity contribution in [1.29, 1.82) is 0 Å². The summed E-state index contributed by atoms with van der Waals surface area (Å²) in [5.74, 6) is -0.0322. The average Bonchev–Trinajstić information content (AvgIpc) is 2.50. The number of hydrogen-bond donors (Lipinski definition) is 1. The predicted molar refractivity (Wildman–Crippen MR) is 90.9 cm³/mol. The second-order valence-corrected chi connectivity index (χ2v) is 5.78. The molecule has 0 aliphatic carbocycles. The highest BCUT2D eigenvalue weighted by Gasteiger charge is 2.10. The Morgan fingerprint density at radius 3 is 2.57 bits per heavy atom. The highest BCUT2D eigenvalue weighted by molar-refractivity contribution is 9.10. The van der Waals surface area contributed by atoms with E-state index < -0.39 is 0 Å². The molecule has 0 bridgehead atoms. The third-order valence-electron chi connectivity index (χ3n) is 3.44. The van der Waals surface area contributed by atoms with Crippen molar-refractivity contribution in [1.82, 2.24) is 5.32 Å². The molecule has 21 heavy (non-hydrogen) atoms. The van der Waals surface area contributed by atoms with Gasteiger partial charge in [-0.05, 0) is 36.8 Å². The van der Waals surface area contributed by atoms with Crippen LogP contribution < -0.4 is 10.2 Å². The fraction of sp³-hybridized carbons (Fsp3) is 0.235. The highest BCUT2D eigenvalue weighted by Crippen LogP contribution is 2.19. The van der Waals surface area contributed by atoms with Crippen LogP contribution in [0.2, 0.25) is 0 Å². The van der Waals surface area contributed by atoms with E-state index in [4.69, 9.17) is 0 Å². The lowest BCUT2D eigenvalue weighted by Crippen LogP contribution is -2.33. The number of likely N-dealkylation sites (N-methyl/N-ethyl adjacent to an activating group) is 1.